The molecule has 1 saturated heterocycles. The van der Waals surface area contributed by atoms with Gasteiger partial charge in [0.1, 0.15) is 5.75 Å². The van der Waals surface area contributed by atoms with Crippen molar-refractivity contribution in [3.05, 3.63) is 57.7 Å². The van der Waals surface area contributed by atoms with Gasteiger partial charge in [-0.05, 0) is 61.4 Å². The maximum Gasteiger partial charge on any atom is 0.573 e. The molecule has 8 heteroatoms. The summed E-state index contributed by atoms with van der Waals surface area (Å²) in [6, 6.07) is 12.3. The van der Waals surface area contributed by atoms with Crippen LogP contribution in [0.2, 0.25) is 0 Å². The first-order valence-electron chi connectivity index (χ1n) is 11.1. The molecule has 0 atom stereocenters. The molecule has 0 spiro atoms. The van der Waals surface area contributed by atoms with E-state index in [0.29, 0.717) is 0 Å². The molecule has 2 heterocycles. The first-order chi connectivity index (χ1) is 15.4. The topological polar surface area (TPSA) is 45.3 Å². The normalized spacial score (nSPS) is 15.4. The van der Waals surface area contributed by atoms with Crippen LogP contribution in [0.3, 0.4) is 0 Å². The number of thiazole rings is 1. The number of aryl methyl sites for hydroxylation is 1. The van der Waals surface area contributed by atoms with Crippen LogP contribution in [0.5, 0.6) is 5.75 Å². The first-order valence-corrected chi connectivity index (χ1v) is 11.9. The first kappa shape index (κ1) is 22.7. The van der Waals surface area contributed by atoms with Crippen LogP contribution in [0.4, 0.5) is 18.9 Å². The molecule has 1 aromatic heterocycles. The number of para-hydroxylation sites is 1. The van der Waals surface area contributed by atoms with Crippen molar-refractivity contribution in [2.75, 3.05) is 18.0 Å². The summed E-state index contributed by atoms with van der Waals surface area (Å²) in [5.41, 5.74) is 3.12. The number of rotatable bonds is 8. The van der Waals surface area contributed by atoms with Crippen LogP contribution < -0.4 is 14.5 Å². The third-order valence-corrected chi connectivity index (χ3v) is 6.97. The number of hydrogen-bond acceptors (Lipinski definition) is 4. The second kappa shape index (κ2) is 9.98. The molecular weight excluding hydrogens is 437 g/mol. The second-order valence-electron chi connectivity index (χ2n) is 8.39. The minimum atomic E-state index is -4.65. The van der Waals surface area contributed by atoms with E-state index in [2.05, 4.69) is 20.7 Å². The summed E-state index contributed by atoms with van der Waals surface area (Å²) in [7, 11) is 0. The number of fused-ring (bicyclic) bond motifs is 1. The molecule has 1 aliphatic rings. The highest BCUT2D eigenvalue weighted by Gasteiger charge is 2.30. The van der Waals surface area contributed by atoms with Crippen LogP contribution in [0.25, 0.3) is 10.2 Å². The highest BCUT2D eigenvalue weighted by molar-refractivity contribution is 7.16. The van der Waals surface area contributed by atoms with E-state index in [1.807, 2.05) is 12.1 Å². The zero-order chi connectivity index (χ0) is 22.6. The number of H-pyrrole nitrogens is 1. The number of aromatic amines is 1. The summed E-state index contributed by atoms with van der Waals surface area (Å²) >= 11 is 1.26. The lowest BCUT2D eigenvalue weighted by molar-refractivity contribution is -0.274. The fourth-order valence-electron chi connectivity index (χ4n) is 4.48. The molecule has 0 saturated carbocycles. The van der Waals surface area contributed by atoms with E-state index in [4.69, 9.17) is 0 Å². The molecule has 1 N–H and O–H groups in total. The number of benzene rings is 2. The van der Waals surface area contributed by atoms with Gasteiger partial charge >= 0.3 is 11.2 Å². The van der Waals surface area contributed by atoms with E-state index in [9.17, 15) is 18.0 Å². The molecule has 1 aliphatic heterocycles. The molecule has 32 heavy (non-hydrogen) atoms. The van der Waals surface area contributed by atoms with Gasteiger partial charge in [-0.25, -0.2) is 0 Å². The maximum atomic E-state index is 12.2. The van der Waals surface area contributed by atoms with Crippen molar-refractivity contribution < 1.29 is 17.9 Å². The number of nitrogens with zero attached hydrogens (tertiary/aromatic N) is 1. The number of alkyl halides is 3. The Labute approximate surface area is 189 Å². The number of hydrogen-bond donors (Lipinski definition) is 1. The van der Waals surface area contributed by atoms with Crippen molar-refractivity contribution in [2.45, 2.75) is 51.3 Å². The van der Waals surface area contributed by atoms with Gasteiger partial charge in [-0.3, -0.25) is 4.79 Å². The molecule has 3 aromatic rings. The quantitative estimate of drug-likeness (QED) is 0.387. The van der Waals surface area contributed by atoms with Gasteiger partial charge in [-0.1, -0.05) is 48.8 Å². The Morgan fingerprint density at radius 3 is 2.50 bits per heavy atom. The molecule has 0 aliphatic carbocycles. The van der Waals surface area contributed by atoms with E-state index < -0.39 is 6.36 Å². The number of nitrogens with one attached hydrogen (secondary N) is 1. The molecule has 0 unspecified atom stereocenters. The summed E-state index contributed by atoms with van der Waals surface area (Å²) in [5, 5.41) is 0. The molecule has 4 nitrogen and oxygen atoms in total. The zero-order valence-corrected chi connectivity index (χ0v) is 18.6. The minimum Gasteiger partial charge on any atom is -0.406 e. The van der Waals surface area contributed by atoms with Crippen LogP contribution in [0, 0.1) is 5.92 Å². The Hall–Kier alpha value is -2.48. The molecule has 2 aromatic carbocycles. The SMILES string of the molecule is O=c1[nH]c2c(N3CCC(CCCCCc4ccc(OC(F)(F)F)cc4)CC3)cccc2s1. The number of piperidine rings is 1. The highest BCUT2D eigenvalue weighted by atomic mass is 32.1. The number of halogens is 3. The van der Waals surface area contributed by atoms with Crippen molar-refractivity contribution >= 4 is 27.2 Å². The van der Waals surface area contributed by atoms with Crippen LogP contribution in [-0.2, 0) is 6.42 Å². The lowest BCUT2D eigenvalue weighted by atomic mass is 9.90. The van der Waals surface area contributed by atoms with Gasteiger partial charge in [0.05, 0.1) is 15.9 Å². The lowest BCUT2D eigenvalue weighted by Gasteiger charge is -2.34. The van der Waals surface area contributed by atoms with E-state index in [-0.39, 0.29) is 10.6 Å². The molecule has 0 amide bonds. The van der Waals surface area contributed by atoms with E-state index >= 15 is 0 Å². The van der Waals surface area contributed by atoms with Crippen molar-refractivity contribution in [3.8, 4) is 5.75 Å². The van der Waals surface area contributed by atoms with Crippen molar-refractivity contribution in [3.63, 3.8) is 0 Å². The van der Waals surface area contributed by atoms with Gasteiger partial charge in [-0.2, -0.15) is 0 Å². The van der Waals surface area contributed by atoms with Crippen molar-refractivity contribution in [2.24, 2.45) is 5.92 Å². The zero-order valence-electron chi connectivity index (χ0n) is 17.8. The second-order valence-corrected chi connectivity index (χ2v) is 9.40. The smallest absolute Gasteiger partial charge is 0.406 e. The molecule has 0 radical (unpaired) electrons. The van der Waals surface area contributed by atoms with Gasteiger partial charge < -0.3 is 14.6 Å². The molecular formula is C24H27F3N2O2S. The standard InChI is InChI=1S/C24H27F3N2O2S/c25-24(26,27)31-19-11-9-17(10-12-19)5-2-1-3-6-18-13-15-29(16-14-18)20-7-4-8-21-22(20)28-23(30)32-21/h4,7-12,18H,1-3,5-6,13-16H2,(H,28,30). The minimum absolute atomic E-state index is 0.00656. The fourth-order valence-corrected chi connectivity index (χ4v) is 5.24. The highest BCUT2D eigenvalue weighted by Crippen LogP contribution is 2.31. The summed E-state index contributed by atoms with van der Waals surface area (Å²) in [6.45, 7) is 2.02. The van der Waals surface area contributed by atoms with E-state index in [1.165, 1.54) is 36.3 Å². The fraction of sp³-hybridized carbons (Fsp3) is 0.458. The Bertz CT molecular complexity index is 1070. The molecule has 172 valence electrons. The predicted octanol–water partition coefficient (Wildman–Crippen LogP) is 6.51. The van der Waals surface area contributed by atoms with Gasteiger partial charge in [0.15, 0.2) is 0 Å². The number of unbranched alkanes of at least 4 members (excludes halogenated alkanes) is 2. The average Bonchev–Trinajstić information content (AvgIpc) is 3.14. The Balaban J connectivity index is 1.16. The van der Waals surface area contributed by atoms with Crippen molar-refractivity contribution in [1.29, 1.82) is 0 Å². The third-order valence-electron chi connectivity index (χ3n) is 6.12. The number of anilines is 1. The van der Waals surface area contributed by atoms with Gasteiger partial charge in [-0.15, -0.1) is 13.2 Å². The van der Waals surface area contributed by atoms with Gasteiger partial charge in [0, 0.05) is 13.1 Å². The summed E-state index contributed by atoms with van der Waals surface area (Å²) in [6.07, 6.45) is 3.08. The Morgan fingerprint density at radius 2 is 1.78 bits per heavy atom. The Kier molecular flexibility index (Phi) is 7.08. The maximum absolute atomic E-state index is 12.2. The largest absolute Gasteiger partial charge is 0.573 e. The van der Waals surface area contributed by atoms with Crippen LogP contribution in [0.1, 0.15) is 44.1 Å². The monoisotopic (exact) mass is 464 g/mol. The molecule has 0 bridgehead atoms. The van der Waals surface area contributed by atoms with E-state index in [0.717, 1.165) is 72.6 Å². The van der Waals surface area contributed by atoms with Crippen LogP contribution >= 0.6 is 11.3 Å². The molecule has 4 rings (SSSR count). The van der Waals surface area contributed by atoms with Gasteiger partial charge in [0.2, 0.25) is 0 Å². The number of aromatic nitrogens is 1. The Morgan fingerprint density at radius 1 is 1.03 bits per heavy atom. The summed E-state index contributed by atoms with van der Waals surface area (Å²) in [4.78, 5) is 17.1. The lowest BCUT2D eigenvalue weighted by Crippen LogP contribution is -2.33. The van der Waals surface area contributed by atoms with Crippen LogP contribution in [-0.4, -0.2) is 24.4 Å². The predicted molar refractivity (Wildman–Crippen MR) is 123 cm³/mol. The third kappa shape index (κ3) is 6.06. The molecule has 1 fully saturated rings. The number of ether oxygens (including phenoxy) is 1. The van der Waals surface area contributed by atoms with Crippen molar-refractivity contribution in [1.82, 2.24) is 4.98 Å². The average molecular weight is 465 g/mol. The summed E-state index contributed by atoms with van der Waals surface area (Å²) < 4.78 is 41.6. The summed E-state index contributed by atoms with van der Waals surface area (Å²) in [5.74, 6) is 0.556. The van der Waals surface area contributed by atoms with Gasteiger partial charge in [0.25, 0.3) is 0 Å². The van der Waals surface area contributed by atoms with E-state index in [1.54, 1.807) is 12.1 Å². The van der Waals surface area contributed by atoms with Crippen LogP contribution in [0.15, 0.2) is 47.3 Å².